The molecule has 0 aliphatic rings. The molecule has 0 atom stereocenters. The summed E-state index contributed by atoms with van der Waals surface area (Å²) in [6, 6.07) is 11.9. The van der Waals surface area contributed by atoms with Gasteiger partial charge in [0.15, 0.2) is 5.78 Å². The van der Waals surface area contributed by atoms with Crippen molar-refractivity contribution in [3.8, 4) is 5.75 Å². The Morgan fingerprint density at radius 3 is 2.10 bits per heavy atom. The van der Waals surface area contributed by atoms with Crippen LogP contribution in [0.5, 0.6) is 5.75 Å². The minimum atomic E-state index is -1.09. The van der Waals surface area contributed by atoms with Gasteiger partial charge >= 0.3 is 11.9 Å². The average molecular weight is 284 g/mol. The minimum Gasteiger partial charge on any atom is -0.478 e. The average Bonchev–Trinajstić information content (AvgIpc) is 2.47. The smallest absolute Gasteiger partial charge is 0.335 e. The van der Waals surface area contributed by atoms with Crippen molar-refractivity contribution in [2.75, 3.05) is 0 Å². The van der Waals surface area contributed by atoms with Gasteiger partial charge in [0.1, 0.15) is 5.75 Å². The van der Waals surface area contributed by atoms with Gasteiger partial charge in [-0.1, -0.05) is 12.1 Å². The fourth-order valence-electron chi connectivity index (χ4n) is 1.80. The highest BCUT2D eigenvalue weighted by Gasteiger charge is 2.12. The molecule has 0 aromatic heterocycles. The van der Waals surface area contributed by atoms with Crippen LogP contribution in [0.25, 0.3) is 0 Å². The lowest BCUT2D eigenvalue weighted by Gasteiger charge is -2.04. The molecule has 0 saturated heterocycles. The molecule has 5 heteroatoms. The lowest BCUT2D eigenvalue weighted by Crippen LogP contribution is -2.05. The maximum Gasteiger partial charge on any atom is 0.335 e. The van der Waals surface area contributed by atoms with Crippen LogP contribution in [0.1, 0.15) is 33.2 Å². The van der Waals surface area contributed by atoms with Gasteiger partial charge in [-0.3, -0.25) is 9.59 Å². The molecule has 2 rings (SSSR count). The lowest BCUT2D eigenvalue weighted by molar-refractivity contribution is -0.131. The van der Waals surface area contributed by atoms with E-state index in [1.54, 1.807) is 6.07 Å². The highest BCUT2D eigenvalue weighted by atomic mass is 16.5. The SMILES string of the molecule is CC(=O)Oc1ccc(C(=O)c2cccc(C(=O)O)c2)cc1. The quantitative estimate of drug-likeness (QED) is 0.530. The molecular formula is C16H12O5. The van der Waals surface area contributed by atoms with E-state index in [2.05, 4.69) is 0 Å². The van der Waals surface area contributed by atoms with Gasteiger partial charge < -0.3 is 9.84 Å². The molecule has 0 fully saturated rings. The number of aromatic carboxylic acids is 1. The van der Waals surface area contributed by atoms with Crippen LogP contribution < -0.4 is 4.74 Å². The summed E-state index contributed by atoms with van der Waals surface area (Å²) in [5, 5.41) is 8.92. The van der Waals surface area contributed by atoms with E-state index >= 15 is 0 Å². The summed E-state index contributed by atoms with van der Waals surface area (Å²) >= 11 is 0. The number of benzene rings is 2. The van der Waals surface area contributed by atoms with Crippen molar-refractivity contribution >= 4 is 17.7 Å². The monoisotopic (exact) mass is 284 g/mol. The standard InChI is InChI=1S/C16H12O5/c1-10(17)21-14-7-5-11(6-8-14)15(18)12-3-2-4-13(9-12)16(19)20/h2-9H,1H3,(H,19,20). The zero-order valence-corrected chi connectivity index (χ0v) is 11.2. The van der Waals surface area contributed by atoms with Crippen molar-refractivity contribution < 1.29 is 24.2 Å². The highest BCUT2D eigenvalue weighted by molar-refractivity contribution is 6.09. The summed E-state index contributed by atoms with van der Waals surface area (Å²) < 4.78 is 4.88. The maximum absolute atomic E-state index is 12.3. The van der Waals surface area contributed by atoms with Crippen molar-refractivity contribution in [3.05, 3.63) is 65.2 Å². The number of hydrogen-bond acceptors (Lipinski definition) is 4. The van der Waals surface area contributed by atoms with Crippen LogP contribution in [0.2, 0.25) is 0 Å². The van der Waals surface area contributed by atoms with Crippen molar-refractivity contribution in [3.63, 3.8) is 0 Å². The first kappa shape index (κ1) is 14.5. The molecule has 0 spiro atoms. The molecule has 2 aromatic carbocycles. The van der Waals surface area contributed by atoms with Crippen molar-refractivity contribution in [1.82, 2.24) is 0 Å². The van der Waals surface area contributed by atoms with E-state index in [0.29, 0.717) is 11.3 Å². The number of carbonyl (C=O) groups excluding carboxylic acids is 2. The largest absolute Gasteiger partial charge is 0.478 e. The molecule has 0 radical (unpaired) electrons. The summed E-state index contributed by atoms with van der Waals surface area (Å²) in [6.45, 7) is 1.29. The van der Waals surface area contributed by atoms with E-state index in [1.807, 2.05) is 0 Å². The first-order valence-corrected chi connectivity index (χ1v) is 6.14. The summed E-state index contributed by atoms with van der Waals surface area (Å²) in [6.07, 6.45) is 0. The second-order valence-corrected chi connectivity index (χ2v) is 4.33. The van der Waals surface area contributed by atoms with E-state index in [0.717, 1.165) is 0 Å². The van der Waals surface area contributed by atoms with Gasteiger partial charge in [0.2, 0.25) is 0 Å². The summed E-state index contributed by atoms with van der Waals surface area (Å²) in [7, 11) is 0. The zero-order chi connectivity index (χ0) is 15.4. The Morgan fingerprint density at radius 2 is 1.52 bits per heavy atom. The highest BCUT2D eigenvalue weighted by Crippen LogP contribution is 2.16. The van der Waals surface area contributed by atoms with Crippen LogP contribution in [0, 0.1) is 0 Å². The molecule has 21 heavy (non-hydrogen) atoms. The zero-order valence-electron chi connectivity index (χ0n) is 11.2. The second kappa shape index (κ2) is 6.00. The Balaban J connectivity index is 2.25. The Labute approximate surface area is 120 Å². The third-order valence-corrected chi connectivity index (χ3v) is 2.75. The van der Waals surface area contributed by atoms with Gasteiger partial charge in [0.05, 0.1) is 5.56 Å². The molecule has 0 saturated carbocycles. The van der Waals surface area contributed by atoms with E-state index in [1.165, 1.54) is 49.4 Å². The molecule has 2 aromatic rings. The number of esters is 1. The molecule has 106 valence electrons. The van der Waals surface area contributed by atoms with E-state index < -0.39 is 11.9 Å². The molecule has 0 amide bonds. The van der Waals surface area contributed by atoms with Crippen molar-refractivity contribution in [1.29, 1.82) is 0 Å². The number of carboxylic acids is 1. The summed E-state index contributed by atoms with van der Waals surface area (Å²) in [5.41, 5.74) is 0.723. The number of carboxylic acid groups (broad SMARTS) is 1. The van der Waals surface area contributed by atoms with E-state index in [4.69, 9.17) is 9.84 Å². The van der Waals surface area contributed by atoms with Gasteiger partial charge in [-0.2, -0.15) is 0 Å². The number of rotatable bonds is 4. The predicted octanol–water partition coefficient (Wildman–Crippen LogP) is 2.54. The van der Waals surface area contributed by atoms with Gasteiger partial charge in [-0.15, -0.1) is 0 Å². The number of ether oxygens (including phenoxy) is 1. The summed E-state index contributed by atoms with van der Waals surface area (Å²) in [4.78, 5) is 34.0. The Morgan fingerprint density at radius 1 is 0.905 bits per heavy atom. The third-order valence-electron chi connectivity index (χ3n) is 2.75. The number of hydrogen-bond donors (Lipinski definition) is 1. The first-order valence-electron chi connectivity index (χ1n) is 6.14. The Kier molecular flexibility index (Phi) is 4.13. The van der Waals surface area contributed by atoms with Crippen LogP contribution in [0.4, 0.5) is 0 Å². The van der Waals surface area contributed by atoms with Gasteiger partial charge in [0, 0.05) is 18.1 Å². The van der Waals surface area contributed by atoms with Crippen LogP contribution in [-0.4, -0.2) is 22.8 Å². The van der Waals surface area contributed by atoms with Gasteiger partial charge in [0.25, 0.3) is 0 Å². The summed E-state index contributed by atoms with van der Waals surface area (Å²) in [5.74, 6) is -1.48. The van der Waals surface area contributed by atoms with E-state index in [9.17, 15) is 14.4 Å². The predicted molar refractivity (Wildman–Crippen MR) is 74.6 cm³/mol. The second-order valence-electron chi connectivity index (χ2n) is 4.33. The molecule has 0 aliphatic carbocycles. The molecule has 1 N–H and O–H groups in total. The lowest BCUT2D eigenvalue weighted by atomic mass is 10.0. The minimum absolute atomic E-state index is 0.0531. The third kappa shape index (κ3) is 3.54. The van der Waals surface area contributed by atoms with E-state index in [-0.39, 0.29) is 16.9 Å². The van der Waals surface area contributed by atoms with Crippen molar-refractivity contribution in [2.24, 2.45) is 0 Å². The molecule has 0 unspecified atom stereocenters. The molecule has 0 bridgehead atoms. The topological polar surface area (TPSA) is 80.7 Å². The molecule has 0 heterocycles. The normalized spacial score (nSPS) is 9.95. The van der Waals surface area contributed by atoms with Gasteiger partial charge in [-0.25, -0.2) is 4.79 Å². The Hall–Kier alpha value is -2.95. The molecular weight excluding hydrogens is 272 g/mol. The first-order chi connectivity index (χ1) is 9.97. The molecule has 5 nitrogen and oxygen atoms in total. The fraction of sp³-hybridized carbons (Fsp3) is 0.0625. The Bertz CT molecular complexity index is 701. The number of ketones is 1. The maximum atomic E-state index is 12.3. The fourth-order valence-corrected chi connectivity index (χ4v) is 1.80. The van der Waals surface area contributed by atoms with Crippen LogP contribution >= 0.6 is 0 Å². The van der Waals surface area contributed by atoms with Crippen LogP contribution in [0.15, 0.2) is 48.5 Å². The number of carbonyl (C=O) groups is 3. The van der Waals surface area contributed by atoms with Crippen LogP contribution in [-0.2, 0) is 4.79 Å². The molecule has 0 aliphatic heterocycles. The van der Waals surface area contributed by atoms with Gasteiger partial charge in [-0.05, 0) is 36.4 Å². The van der Waals surface area contributed by atoms with Crippen molar-refractivity contribution in [2.45, 2.75) is 6.92 Å². The van der Waals surface area contributed by atoms with Crippen LogP contribution in [0.3, 0.4) is 0 Å².